The maximum Gasteiger partial charge on any atom is 0.318 e. The van der Waals surface area contributed by atoms with Crippen LogP contribution in [0.25, 0.3) is 0 Å². The van der Waals surface area contributed by atoms with Gasteiger partial charge in [0.25, 0.3) is 0 Å². The molecule has 2 unspecified atom stereocenters. The summed E-state index contributed by atoms with van der Waals surface area (Å²) < 4.78 is 0. The van der Waals surface area contributed by atoms with Crippen LogP contribution in [0, 0.1) is 0 Å². The average Bonchev–Trinajstić information content (AvgIpc) is 3.31. The van der Waals surface area contributed by atoms with E-state index in [4.69, 9.17) is 11.6 Å². The van der Waals surface area contributed by atoms with Gasteiger partial charge in [-0.3, -0.25) is 4.79 Å². The van der Waals surface area contributed by atoms with Crippen molar-refractivity contribution in [3.05, 3.63) is 56.7 Å². The molecule has 1 aliphatic carbocycles. The zero-order valence-electron chi connectivity index (χ0n) is 19.6. The molecule has 1 aromatic heterocycles. The number of thiophene rings is 1. The molecule has 2 heterocycles. The van der Waals surface area contributed by atoms with Crippen LogP contribution in [-0.4, -0.2) is 46.9 Å². The van der Waals surface area contributed by atoms with Gasteiger partial charge in [0.15, 0.2) is 0 Å². The fourth-order valence-corrected chi connectivity index (χ4v) is 6.01. The number of fused-ring (bicyclic) bond motifs is 1. The van der Waals surface area contributed by atoms with Gasteiger partial charge in [0.2, 0.25) is 5.91 Å². The summed E-state index contributed by atoms with van der Waals surface area (Å²) in [5.41, 5.74) is 2.23. The van der Waals surface area contributed by atoms with Gasteiger partial charge in [0.05, 0.1) is 6.04 Å². The van der Waals surface area contributed by atoms with E-state index in [0.717, 1.165) is 44.1 Å². The van der Waals surface area contributed by atoms with Crippen molar-refractivity contribution in [3.63, 3.8) is 0 Å². The minimum Gasteiger partial charge on any atom is -0.335 e. The monoisotopic (exact) mass is 487 g/mol. The lowest BCUT2D eigenvalue weighted by molar-refractivity contribution is -0.134. The third kappa shape index (κ3) is 5.55. The molecular weight excluding hydrogens is 454 g/mol. The maximum absolute atomic E-state index is 13.7. The first-order valence-corrected chi connectivity index (χ1v) is 13.4. The van der Waals surface area contributed by atoms with Crippen LogP contribution in [0.2, 0.25) is 5.02 Å². The lowest BCUT2D eigenvalue weighted by Crippen LogP contribution is -2.53. The van der Waals surface area contributed by atoms with Crippen LogP contribution >= 0.6 is 22.9 Å². The Morgan fingerprint density at radius 1 is 1.18 bits per heavy atom. The topological polar surface area (TPSA) is 52.7 Å². The van der Waals surface area contributed by atoms with E-state index >= 15 is 0 Å². The van der Waals surface area contributed by atoms with Crippen LogP contribution < -0.4 is 5.32 Å². The number of nitrogens with one attached hydrogen (secondary N) is 1. The standard InChI is InChI=1S/C26H34ClN3O2S/c1-3-18(2)30(26(32)28-21-7-5-4-6-8-21)17-24(31)29-15-13-23-22(14-16-33-23)25(29)19-9-11-20(27)12-10-19/h9-12,14,16,18,21,25H,3-8,13,15,17H2,1-2H3,(H,28,32). The molecule has 33 heavy (non-hydrogen) atoms. The maximum atomic E-state index is 13.7. The number of carbonyl (C=O) groups is 2. The highest BCUT2D eigenvalue weighted by Crippen LogP contribution is 2.38. The van der Waals surface area contributed by atoms with Gasteiger partial charge in [0.1, 0.15) is 6.54 Å². The molecule has 178 valence electrons. The van der Waals surface area contributed by atoms with Crippen LogP contribution in [0.5, 0.6) is 0 Å². The first-order valence-electron chi connectivity index (χ1n) is 12.2. The van der Waals surface area contributed by atoms with E-state index in [1.807, 2.05) is 36.1 Å². The highest BCUT2D eigenvalue weighted by Gasteiger charge is 2.35. The van der Waals surface area contributed by atoms with Gasteiger partial charge in [-0.1, -0.05) is 49.9 Å². The lowest BCUT2D eigenvalue weighted by Gasteiger charge is -2.39. The van der Waals surface area contributed by atoms with Crippen molar-refractivity contribution in [1.82, 2.24) is 15.1 Å². The average molecular weight is 488 g/mol. The van der Waals surface area contributed by atoms with E-state index in [2.05, 4.69) is 23.7 Å². The Morgan fingerprint density at radius 2 is 1.91 bits per heavy atom. The molecule has 2 aliphatic rings. The van der Waals surface area contributed by atoms with E-state index in [9.17, 15) is 9.59 Å². The second-order valence-electron chi connectivity index (χ2n) is 9.26. The Labute approximate surface area is 206 Å². The second kappa shape index (κ2) is 10.9. The Morgan fingerprint density at radius 3 is 2.61 bits per heavy atom. The molecule has 2 atom stereocenters. The molecule has 1 aromatic carbocycles. The van der Waals surface area contributed by atoms with Crippen molar-refractivity contribution < 1.29 is 9.59 Å². The Hall–Kier alpha value is -2.05. The van der Waals surface area contributed by atoms with E-state index in [0.29, 0.717) is 11.6 Å². The summed E-state index contributed by atoms with van der Waals surface area (Å²) in [6, 6.07) is 9.84. The molecule has 3 amide bonds. The highest BCUT2D eigenvalue weighted by molar-refractivity contribution is 7.10. The zero-order valence-corrected chi connectivity index (χ0v) is 21.1. The van der Waals surface area contributed by atoms with Gasteiger partial charge in [-0.2, -0.15) is 0 Å². The van der Waals surface area contributed by atoms with Crippen molar-refractivity contribution in [3.8, 4) is 0 Å². The Bertz CT molecular complexity index is 955. The molecule has 1 fully saturated rings. The second-order valence-corrected chi connectivity index (χ2v) is 10.7. The molecular formula is C26H34ClN3O2S. The predicted octanol–water partition coefficient (Wildman–Crippen LogP) is 6.02. The van der Waals surface area contributed by atoms with Crippen molar-refractivity contribution in [2.24, 2.45) is 0 Å². The smallest absolute Gasteiger partial charge is 0.318 e. The van der Waals surface area contributed by atoms with E-state index < -0.39 is 0 Å². The normalized spacial score (nSPS) is 19.6. The van der Waals surface area contributed by atoms with Crippen molar-refractivity contribution >= 4 is 34.9 Å². The third-order valence-electron chi connectivity index (χ3n) is 7.09. The van der Waals surface area contributed by atoms with Gasteiger partial charge in [0, 0.05) is 28.5 Å². The van der Waals surface area contributed by atoms with Gasteiger partial charge in [-0.15, -0.1) is 11.3 Å². The van der Waals surface area contributed by atoms with E-state index in [1.165, 1.54) is 16.9 Å². The quantitative estimate of drug-likeness (QED) is 0.541. The minimum absolute atomic E-state index is 0.00646. The van der Waals surface area contributed by atoms with E-state index in [1.54, 1.807) is 16.2 Å². The van der Waals surface area contributed by atoms with E-state index in [-0.39, 0.29) is 36.6 Å². The molecule has 0 radical (unpaired) electrons. The summed E-state index contributed by atoms with van der Waals surface area (Å²) in [5.74, 6) is -0.00843. The fraction of sp³-hybridized carbons (Fsp3) is 0.538. The molecule has 5 nitrogen and oxygen atoms in total. The van der Waals surface area contributed by atoms with Crippen LogP contribution in [0.4, 0.5) is 4.79 Å². The number of hydrogen-bond acceptors (Lipinski definition) is 3. The number of carbonyl (C=O) groups excluding carboxylic acids is 2. The molecule has 1 saturated carbocycles. The van der Waals surface area contributed by atoms with Gasteiger partial charge in [-0.25, -0.2) is 4.79 Å². The molecule has 1 N–H and O–H groups in total. The summed E-state index contributed by atoms with van der Waals surface area (Å²) in [6.45, 7) is 4.83. The van der Waals surface area contributed by atoms with Crippen molar-refractivity contribution in [2.45, 2.75) is 76.9 Å². The third-order valence-corrected chi connectivity index (χ3v) is 8.34. The summed E-state index contributed by atoms with van der Waals surface area (Å²) in [6.07, 6.45) is 7.27. The summed E-state index contributed by atoms with van der Waals surface area (Å²) >= 11 is 7.88. The number of hydrogen-bond donors (Lipinski definition) is 1. The first-order chi connectivity index (χ1) is 16.0. The van der Waals surface area contributed by atoms with Crippen LogP contribution in [0.1, 0.15) is 74.4 Å². The molecule has 0 spiro atoms. The van der Waals surface area contributed by atoms with Crippen molar-refractivity contribution in [1.29, 1.82) is 0 Å². The Kier molecular flexibility index (Phi) is 7.97. The van der Waals surface area contributed by atoms with Gasteiger partial charge < -0.3 is 15.1 Å². The van der Waals surface area contributed by atoms with Crippen LogP contribution in [-0.2, 0) is 11.2 Å². The van der Waals surface area contributed by atoms with Crippen LogP contribution in [0.15, 0.2) is 35.7 Å². The van der Waals surface area contributed by atoms with Gasteiger partial charge >= 0.3 is 6.03 Å². The number of nitrogens with zero attached hydrogens (tertiary/aromatic N) is 2. The fourth-order valence-electron chi connectivity index (χ4n) is 4.98. The SMILES string of the molecule is CCC(C)N(CC(=O)N1CCc2sccc2C1c1ccc(Cl)cc1)C(=O)NC1CCCCC1. The molecule has 2 aromatic rings. The van der Waals surface area contributed by atoms with Crippen molar-refractivity contribution in [2.75, 3.05) is 13.1 Å². The number of amides is 3. The minimum atomic E-state index is -0.148. The summed E-state index contributed by atoms with van der Waals surface area (Å²) in [5, 5.41) is 5.99. The summed E-state index contributed by atoms with van der Waals surface area (Å²) in [7, 11) is 0. The summed E-state index contributed by atoms with van der Waals surface area (Å²) in [4.78, 5) is 31.9. The molecule has 7 heteroatoms. The predicted molar refractivity (Wildman–Crippen MR) is 135 cm³/mol. The number of rotatable bonds is 6. The number of halogens is 1. The number of benzene rings is 1. The molecule has 4 rings (SSSR count). The molecule has 0 saturated heterocycles. The lowest BCUT2D eigenvalue weighted by atomic mass is 9.93. The highest BCUT2D eigenvalue weighted by atomic mass is 35.5. The Balaban J connectivity index is 1.54. The van der Waals surface area contributed by atoms with Gasteiger partial charge in [-0.05, 0) is 67.3 Å². The zero-order chi connectivity index (χ0) is 23.4. The molecule has 0 bridgehead atoms. The molecule has 1 aliphatic heterocycles. The van der Waals surface area contributed by atoms with Crippen LogP contribution in [0.3, 0.4) is 0 Å². The number of urea groups is 1. The first kappa shape index (κ1) is 24.1. The largest absolute Gasteiger partial charge is 0.335 e.